The first-order chi connectivity index (χ1) is 15.4. The zero-order valence-corrected chi connectivity index (χ0v) is 19.5. The van der Waals surface area contributed by atoms with Crippen LogP contribution in [0.2, 0.25) is 0 Å². The average molecular weight is 501 g/mol. The second kappa shape index (κ2) is 9.45. The van der Waals surface area contributed by atoms with E-state index < -0.39 is 12.0 Å². The number of hydrogen-bond acceptors (Lipinski definition) is 2. The number of halogens is 2. The topological polar surface area (TPSA) is 71.3 Å². The van der Waals surface area contributed by atoms with Crippen LogP contribution in [-0.4, -0.2) is 27.6 Å². The van der Waals surface area contributed by atoms with Gasteiger partial charge in [-0.05, 0) is 73.6 Å². The Morgan fingerprint density at radius 2 is 2.09 bits per heavy atom. The van der Waals surface area contributed by atoms with E-state index in [0.29, 0.717) is 32.1 Å². The number of nitrogens with one attached hydrogen (secondary N) is 1. The molecule has 5 nitrogen and oxygen atoms in total. The van der Waals surface area contributed by atoms with Gasteiger partial charge in [-0.25, -0.2) is 9.18 Å². The fourth-order valence-electron chi connectivity index (χ4n) is 4.76. The summed E-state index contributed by atoms with van der Waals surface area (Å²) in [7, 11) is 0. The highest BCUT2D eigenvalue weighted by molar-refractivity contribution is 9.10. The number of aryl methyl sites for hydroxylation is 1. The van der Waals surface area contributed by atoms with E-state index >= 15 is 0 Å². The van der Waals surface area contributed by atoms with Gasteiger partial charge in [0.15, 0.2) is 0 Å². The van der Waals surface area contributed by atoms with E-state index in [1.807, 2.05) is 35.8 Å². The van der Waals surface area contributed by atoms with Crippen LogP contribution in [-0.2, 0) is 28.9 Å². The van der Waals surface area contributed by atoms with Crippen LogP contribution < -0.4 is 5.32 Å². The molecule has 4 rings (SSSR count). The minimum Gasteiger partial charge on any atom is -0.480 e. The van der Waals surface area contributed by atoms with Crippen LogP contribution in [0.4, 0.5) is 4.39 Å². The predicted molar refractivity (Wildman–Crippen MR) is 125 cm³/mol. The van der Waals surface area contributed by atoms with Crippen molar-refractivity contribution in [3.63, 3.8) is 0 Å². The molecule has 0 aliphatic heterocycles. The molecule has 7 heteroatoms. The van der Waals surface area contributed by atoms with Crippen molar-refractivity contribution in [2.45, 2.75) is 57.5 Å². The van der Waals surface area contributed by atoms with E-state index in [9.17, 15) is 19.1 Å². The Morgan fingerprint density at radius 1 is 1.28 bits per heavy atom. The Morgan fingerprint density at radius 3 is 2.81 bits per heavy atom. The van der Waals surface area contributed by atoms with Gasteiger partial charge < -0.3 is 15.0 Å². The maximum absolute atomic E-state index is 14.1. The molecule has 0 fully saturated rings. The van der Waals surface area contributed by atoms with Crippen molar-refractivity contribution in [1.82, 2.24) is 9.88 Å². The van der Waals surface area contributed by atoms with Crippen LogP contribution in [0.15, 0.2) is 46.9 Å². The van der Waals surface area contributed by atoms with Gasteiger partial charge >= 0.3 is 5.97 Å². The van der Waals surface area contributed by atoms with Gasteiger partial charge in [-0.15, -0.1) is 0 Å². The Balaban J connectivity index is 1.54. The first-order valence-corrected chi connectivity index (χ1v) is 11.7. The molecule has 1 aromatic heterocycles. The Labute approximate surface area is 194 Å². The van der Waals surface area contributed by atoms with E-state index in [2.05, 4.69) is 21.2 Å². The zero-order chi connectivity index (χ0) is 22.8. The molecule has 2 N–H and O–H groups in total. The molecule has 0 saturated carbocycles. The fourth-order valence-corrected chi connectivity index (χ4v) is 5.21. The molecule has 0 bridgehead atoms. The smallest absolute Gasteiger partial charge is 0.326 e. The molecule has 168 valence electrons. The third-order valence-corrected chi connectivity index (χ3v) is 6.73. The van der Waals surface area contributed by atoms with Crippen molar-refractivity contribution in [3.05, 3.63) is 69.6 Å². The summed E-state index contributed by atoms with van der Waals surface area (Å²) >= 11 is 3.45. The van der Waals surface area contributed by atoms with Gasteiger partial charge in [0.1, 0.15) is 11.9 Å². The molecule has 1 aliphatic rings. The lowest BCUT2D eigenvalue weighted by Crippen LogP contribution is -2.39. The molecule has 0 radical (unpaired) electrons. The molecule has 1 amide bonds. The van der Waals surface area contributed by atoms with Gasteiger partial charge in [-0.1, -0.05) is 35.0 Å². The number of fused-ring (bicyclic) bond motifs is 3. The predicted octanol–water partition coefficient (Wildman–Crippen LogP) is 5.18. The number of nitrogens with zero attached hydrogens (tertiary/aromatic N) is 1. The number of rotatable bonds is 7. The summed E-state index contributed by atoms with van der Waals surface area (Å²) < 4.78 is 16.9. The third-order valence-electron chi connectivity index (χ3n) is 6.24. The van der Waals surface area contributed by atoms with E-state index in [4.69, 9.17) is 0 Å². The van der Waals surface area contributed by atoms with Crippen molar-refractivity contribution < 1.29 is 19.1 Å². The summed E-state index contributed by atoms with van der Waals surface area (Å²) in [5.74, 6) is -1.24. The molecule has 32 heavy (non-hydrogen) atoms. The normalized spacial score (nSPS) is 16.5. The lowest BCUT2D eigenvalue weighted by molar-refractivity contribution is -0.141. The first kappa shape index (κ1) is 22.5. The summed E-state index contributed by atoms with van der Waals surface area (Å²) in [6.45, 7) is 1.84. The maximum Gasteiger partial charge on any atom is 0.326 e. The van der Waals surface area contributed by atoms with Gasteiger partial charge in [-0.3, -0.25) is 4.79 Å². The first-order valence-electron chi connectivity index (χ1n) is 10.9. The standard InChI is InChI=1S/C25H26BrFN2O3/c1-2-21(25(31)32)29-22-9-7-17(27)13-19(22)20-14-18(8-10-23(20)29)28-24(30)11-6-15-4-3-5-16(26)12-15/h3-5,7,9,12-13,18,21H,2,6,8,10-11,14H2,1H3,(H,28,30)(H,31,32)/t18-,21?/m0/s1. The Bertz CT molecular complexity index is 1170. The summed E-state index contributed by atoms with van der Waals surface area (Å²) in [5, 5.41) is 13.6. The van der Waals surface area contributed by atoms with Crippen molar-refractivity contribution in [3.8, 4) is 0 Å². The molecule has 3 aromatic rings. The second-order valence-electron chi connectivity index (χ2n) is 8.36. The van der Waals surface area contributed by atoms with Gasteiger partial charge in [-0.2, -0.15) is 0 Å². The SMILES string of the molecule is CCC(C(=O)O)n1c2c(c3cc(F)ccc31)C[C@@H](NC(=O)CCc1cccc(Br)c1)CC2. The van der Waals surface area contributed by atoms with Gasteiger partial charge in [0, 0.05) is 33.5 Å². The van der Waals surface area contributed by atoms with E-state index in [1.54, 1.807) is 6.07 Å². The molecule has 2 aromatic carbocycles. The van der Waals surface area contributed by atoms with E-state index in [-0.39, 0.29) is 17.8 Å². The van der Waals surface area contributed by atoms with Gasteiger partial charge in [0.25, 0.3) is 0 Å². The second-order valence-corrected chi connectivity index (χ2v) is 9.27. The highest BCUT2D eigenvalue weighted by atomic mass is 79.9. The number of benzene rings is 2. The summed E-state index contributed by atoms with van der Waals surface area (Å²) in [6.07, 6.45) is 3.44. The van der Waals surface area contributed by atoms with Crippen molar-refractivity contribution >= 4 is 38.7 Å². The lowest BCUT2D eigenvalue weighted by atomic mass is 9.91. The fraction of sp³-hybridized carbons (Fsp3) is 0.360. The summed E-state index contributed by atoms with van der Waals surface area (Å²) in [4.78, 5) is 24.5. The van der Waals surface area contributed by atoms with E-state index in [0.717, 1.165) is 38.6 Å². The lowest BCUT2D eigenvalue weighted by Gasteiger charge is -2.26. The molecule has 0 saturated heterocycles. The maximum atomic E-state index is 14.1. The van der Waals surface area contributed by atoms with Crippen LogP contribution in [0.3, 0.4) is 0 Å². The van der Waals surface area contributed by atoms with Crippen LogP contribution in [0.25, 0.3) is 10.9 Å². The van der Waals surface area contributed by atoms with Crippen molar-refractivity contribution in [1.29, 1.82) is 0 Å². The van der Waals surface area contributed by atoms with Crippen LogP contribution in [0, 0.1) is 5.82 Å². The number of hydrogen-bond donors (Lipinski definition) is 2. The van der Waals surface area contributed by atoms with Crippen LogP contribution >= 0.6 is 15.9 Å². The van der Waals surface area contributed by atoms with Crippen molar-refractivity contribution in [2.24, 2.45) is 0 Å². The van der Waals surface area contributed by atoms with Gasteiger partial charge in [0.05, 0.1) is 0 Å². The summed E-state index contributed by atoms with van der Waals surface area (Å²) in [5.41, 5.74) is 3.73. The molecule has 2 atom stereocenters. The number of carbonyl (C=O) groups is 2. The zero-order valence-electron chi connectivity index (χ0n) is 17.9. The van der Waals surface area contributed by atoms with Crippen LogP contribution in [0.1, 0.15) is 49.0 Å². The largest absolute Gasteiger partial charge is 0.480 e. The molecular formula is C25H26BrFN2O3. The van der Waals surface area contributed by atoms with Crippen LogP contribution in [0.5, 0.6) is 0 Å². The number of carboxylic acids is 1. The van der Waals surface area contributed by atoms with Gasteiger partial charge in [0.2, 0.25) is 5.91 Å². The Kier molecular flexibility index (Phi) is 6.65. The average Bonchev–Trinajstić information content (AvgIpc) is 3.06. The highest BCUT2D eigenvalue weighted by Crippen LogP contribution is 2.36. The minimum absolute atomic E-state index is 0.00897. The number of amides is 1. The molecule has 1 unspecified atom stereocenters. The number of carbonyl (C=O) groups excluding carboxylic acids is 1. The van der Waals surface area contributed by atoms with E-state index in [1.165, 1.54) is 12.1 Å². The third kappa shape index (κ3) is 4.58. The summed E-state index contributed by atoms with van der Waals surface area (Å²) in [6, 6.07) is 11.7. The molecular weight excluding hydrogens is 475 g/mol. The number of carboxylic acid groups (broad SMARTS) is 1. The highest BCUT2D eigenvalue weighted by Gasteiger charge is 2.30. The quantitative estimate of drug-likeness (QED) is 0.469. The number of aromatic nitrogens is 1. The monoisotopic (exact) mass is 500 g/mol. The molecule has 1 aliphatic carbocycles. The Hall–Kier alpha value is -2.67. The van der Waals surface area contributed by atoms with Crippen molar-refractivity contribution in [2.75, 3.05) is 0 Å². The molecule has 0 spiro atoms. The minimum atomic E-state index is -0.889. The number of aliphatic carboxylic acids is 1. The molecule has 1 heterocycles.